The van der Waals surface area contributed by atoms with E-state index in [4.69, 9.17) is 21.1 Å². The number of carbonyl (C=O) groups excluding carboxylic acids is 2. The fraction of sp³-hybridized carbons (Fsp3) is 0.458. The minimum atomic E-state index is -1.53. The smallest absolute Gasteiger partial charge is 0.326 e. The lowest BCUT2D eigenvalue weighted by atomic mass is 9.82. The number of hydrogen-bond acceptors (Lipinski definition) is 7. The summed E-state index contributed by atoms with van der Waals surface area (Å²) < 4.78 is 27.3. The van der Waals surface area contributed by atoms with Crippen molar-refractivity contribution in [3.05, 3.63) is 46.8 Å². The number of aromatic nitrogens is 4. The van der Waals surface area contributed by atoms with Crippen molar-refractivity contribution in [1.29, 1.82) is 0 Å². The highest BCUT2D eigenvalue weighted by Gasteiger charge is 2.39. The molecule has 34 heavy (non-hydrogen) atoms. The molecule has 2 heterocycles. The van der Waals surface area contributed by atoms with E-state index < -0.39 is 23.7 Å². The summed E-state index contributed by atoms with van der Waals surface area (Å²) in [4.78, 5) is 34.8. The molecule has 1 fully saturated rings. The first-order chi connectivity index (χ1) is 16.5. The predicted octanol–water partition coefficient (Wildman–Crippen LogP) is 4.84. The molecule has 0 bridgehead atoms. The summed E-state index contributed by atoms with van der Waals surface area (Å²) in [6.45, 7) is 3.37. The summed E-state index contributed by atoms with van der Waals surface area (Å²) >= 11 is 6.51. The van der Waals surface area contributed by atoms with Crippen LogP contribution in [0.2, 0.25) is 5.02 Å². The second kappa shape index (κ2) is 10.5. The number of ether oxygens (including phenoxy) is 2. The van der Waals surface area contributed by atoms with Crippen LogP contribution >= 0.6 is 11.6 Å². The molecule has 0 unspecified atom stereocenters. The number of carbonyl (C=O) groups is 2. The lowest BCUT2D eigenvalue weighted by molar-refractivity contribution is -0.157. The van der Waals surface area contributed by atoms with Crippen molar-refractivity contribution in [1.82, 2.24) is 19.6 Å². The summed E-state index contributed by atoms with van der Waals surface area (Å²) in [5.41, 5.74) is 0.954. The van der Waals surface area contributed by atoms with Crippen molar-refractivity contribution in [3.8, 4) is 11.1 Å². The Kier molecular flexibility index (Phi) is 7.41. The third-order valence-corrected chi connectivity index (χ3v) is 6.33. The quantitative estimate of drug-likeness (QED) is 0.346. The van der Waals surface area contributed by atoms with Crippen LogP contribution in [-0.2, 0) is 19.1 Å². The van der Waals surface area contributed by atoms with Crippen molar-refractivity contribution in [2.75, 3.05) is 13.2 Å². The molecule has 1 aliphatic carbocycles. The summed E-state index contributed by atoms with van der Waals surface area (Å²) in [5.74, 6) is -3.62. The average Bonchev–Trinajstić information content (AvgIpc) is 3.28. The first-order valence-corrected chi connectivity index (χ1v) is 11.9. The molecule has 0 aliphatic heterocycles. The minimum absolute atomic E-state index is 0.00461. The molecule has 4 rings (SSSR count). The molecule has 10 heteroatoms. The molecule has 0 N–H and O–H groups in total. The summed E-state index contributed by atoms with van der Waals surface area (Å²) in [7, 11) is 0. The van der Waals surface area contributed by atoms with Crippen LogP contribution in [0.25, 0.3) is 16.9 Å². The van der Waals surface area contributed by atoms with Crippen LogP contribution in [0.4, 0.5) is 4.39 Å². The topological polar surface area (TPSA) is 95.7 Å². The first kappa shape index (κ1) is 24.1. The number of nitrogens with zero attached hydrogens (tertiary/aromatic N) is 4. The molecule has 1 saturated carbocycles. The number of halogens is 2. The van der Waals surface area contributed by atoms with Crippen LogP contribution in [0, 0.1) is 5.82 Å². The molecule has 0 spiro atoms. The summed E-state index contributed by atoms with van der Waals surface area (Å²) in [6.07, 6.45) is 6.08. The van der Waals surface area contributed by atoms with Gasteiger partial charge in [0.25, 0.3) is 5.78 Å². The largest absolute Gasteiger partial charge is 0.465 e. The van der Waals surface area contributed by atoms with Crippen LogP contribution in [0.1, 0.15) is 69.2 Å². The zero-order valence-corrected chi connectivity index (χ0v) is 19.8. The SMILES string of the molecule is CCOC(=O)C(C(=O)OCC)c1nc2ncnn2c(C2CCCCC2)c1-c1c(F)cccc1Cl. The normalized spacial score (nSPS) is 14.5. The Hall–Kier alpha value is -3.07. The Morgan fingerprint density at radius 2 is 1.79 bits per heavy atom. The Labute approximate surface area is 201 Å². The van der Waals surface area contributed by atoms with Crippen molar-refractivity contribution in [2.24, 2.45) is 0 Å². The molecule has 1 aromatic carbocycles. The molecule has 8 nitrogen and oxygen atoms in total. The monoisotopic (exact) mass is 488 g/mol. The molecule has 0 amide bonds. The Morgan fingerprint density at radius 3 is 2.41 bits per heavy atom. The van der Waals surface area contributed by atoms with Gasteiger partial charge >= 0.3 is 11.9 Å². The predicted molar refractivity (Wildman–Crippen MR) is 123 cm³/mol. The number of fused-ring (bicyclic) bond motifs is 1. The van der Waals surface area contributed by atoms with E-state index in [0.29, 0.717) is 5.69 Å². The third-order valence-electron chi connectivity index (χ3n) is 6.01. The molecule has 0 radical (unpaired) electrons. The minimum Gasteiger partial charge on any atom is -0.465 e. The van der Waals surface area contributed by atoms with Crippen molar-refractivity contribution in [3.63, 3.8) is 0 Å². The second-order valence-corrected chi connectivity index (χ2v) is 8.51. The summed E-state index contributed by atoms with van der Waals surface area (Å²) in [6, 6.07) is 4.34. The Bertz CT molecular complexity index is 1170. The third kappa shape index (κ3) is 4.49. The molecule has 3 aromatic rings. The van der Waals surface area contributed by atoms with Gasteiger partial charge in [0.2, 0.25) is 0 Å². The zero-order chi connectivity index (χ0) is 24.2. The van der Waals surface area contributed by atoms with Crippen LogP contribution in [0.3, 0.4) is 0 Å². The molecule has 2 aromatic heterocycles. The molecule has 0 atom stereocenters. The van der Waals surface area contributed by atoms with Gasteiger partial charge in [-0.05, 0) is 38.8 Å². The van der Waals surface area contributed by atoms with Crippen LogP contribution in [0.5, 0.6) is 0 Å². The molecule has 180 valence electrons. The van der Waals surface area contributed by atoms with E-state index in [0.717, 1.165) is 32.1 Å². The van der Waals surface area contributed by atoms with E-state index in [1.54, 1.807) is 24.4 Å². The van der Waals surface area contributed by atoms with Gasteiger partial charge in [-0.1, -0.05) is 36.9 Å². The maximum Gasteiger partial charge on any atom is 0.326 e. The van der Waals surface area contributed by atoms with E-state index >= 15 is 4.39 Å². The van der Waals surface area contributed by atoms with Gasteiger partial charge in [0.05, 0.1) is 29.6 Å². The maximum atomic E-state index is 15.4. The maximum absolute atomic E-state index is 15.4. The fourth-order valence-electron chi connectivity index (χ4n) is 4.61. The second-order valence-electron chi connectivity index (χ2n) is 8.10. The number of rotatable bonds is 7. The van der Waals surface area contributed by atoms with Crippen LogP contribution < -0.4 is 0 Å². The standard InChI is InChI=1S/C24H26ClFN4O4/c1-3-33-22(31)19(23(32)34-4-2)20-18(17-15(25)11-8-12-16(17)26)21(14-9-6-5-7-10-14)30-24(29-20)27-13-28-30/h8,11-14,19H,3-7,9-10H2,1-2H3. The van der Waals surface area contributed by atoms with E-state index in [1.165, 1.54) is 18.5 Å². The van der Waals surface area contributed by atoms with Gasteiger partial charge in [0.1, 0.15) is 12.1 Å². The fourth-order valence-corrected chi connectivity index (χ4v) is 4.87. The van der Waals surface area contributed by atoms with E-state index in [1.807, 2.05) is 0 Å². The molecule has 0 saturated heterocycles. The first-order valence-electron chi connectivity index (χ1n) is 11.5. The van der Waals surface area contributed by atoms with Gasteiger partial charge in [-0.25, -0.2) is 13.9 Å². The number of hydrogen-bond donors (Lipinski definition) is 0. The van der Waals surface area contributed by atoms with Gasteiger partial charge in [0.15, 0.2) is 5.92 Å². The van der Waals surface area contributed by atoms with Gasteiger partial charge < -0.3 is 9.47 Å². The van der Waals surface area contributed by atoms with Gasteiger partial charge in [0, 0.05) is 17.0 Å². The molecular weight excluding hydrogens is 463 g/mol. The number of benzene rings is 1. The van der Waals surface area contributed by atoms with Crippen molar-refractivity contribution < 1.29 is 23.5 Å². The van der Waals surface area contributed by atoms with E-state index in [9.17, 15) is 9.59 Å². The summed E-state index contributed by atoms with van der Waals surface area (Å²) in [5, 5.41) is 4.48. The highest BCUT2D eigenvalue weighted by atomic mass is 35.5. The van der Waals surface area contributed by atoms with Gasteiger partial charge in [-0.2, -0.15) is 10.1 Å². The molecular formula is C24H26ClFN4O4. The van der Waals surface area contributed by atoms with E-state index in [2.05, 4.69) is 15.1 Å². The Balaban J connectivity index is 2.10. The lowest BCUT2D eigenvalue weighted by Crippen LogP contribution is -2.29. The lowest BCUT2D eigenvalue weighted by Gasteiger charge is -2.27. The zero-order valence-electron chi connectivity index (χ0n) is 19.1. The van der Waals surface area contributed by atoms with Gasteiger partial charge in [-0.3, -0.25) is 9.59 Å². The van der Waals surface area contributed by atoms with Crippen molar-refractivity contribution in [2.45, 2.75) is 57.8 Å². The van der Waals surface area contributed by atoms with Crippen LogP contribution in [0.15, 0.2) is 24.5 Å². The van der Waals surface area contributed by atoms with Crippen molar-refractivity contribution >= 4 is 29.3 Å². The molecule has 1 aliphatic rings. The highest BCUT2D eigenvalue weighted by molar-refractivity contribution is 6.33. The van der Waals surface area contributed by atoms with E-state index in [-0.39, 0.29) is 46.8 Å². The Morgan fingerprint density at radius 1 is 1.12 bits per heavy atom. The average molecular weight is 489 g/mol. The number of esters is 2. The van der Waals surface area contributed by atoms with Gasteiger partial charge in [-0.15, -0.1) is 0 Å². The van der Waals surface area contributed by atoms with Crippen LogP contribution in [-0.4, -0.2) is 44.7 Å². The highest BCUT2D eigenvalue weighted by Crippen LogP contribution is 2.44.